The molecule has 31 heavy (non-hydrogen) atoms. The number of oxazole rings is 1. The van der Waals surface area contributed by atoms with Gasteiger partial charge in [-0.25, -0.2) is 9.78 Å². The molecule has 0 aliphatic carbocycles. The van der Waals surface area contributed by atoms with Gasteiger partial charge in [0, 0.05) is 32.2 Å². The first-order chi connectivity index (χ1) is 14.5. The van der Waals surface area contributed by atoms with Crippen molar-refractivity contribution in [2.45, 2.75) is 58.7 Å². The third-order valence-corrected chi connectivity index (χ3v) is 6.38. The van der Waals surface area contributed by atoms with E-state index in [1.54, 1.807) is 0 Å². The maximum atomic E-state index is 12.1. The summed E-state index contributed by atoms with van der Waals surface area (Å²) < 4.78 is 11.5. The first-order valence-corrected chi connectivity index (χ1v) is 11.2. The Morgan fingerprint density at radius 3 is 2.71 bits per heavy atom. The minimum absolute atomic E-state index is 0.0202. The summed E-state index contributed by atoms with van der Waals surface area (Å²) in [6.45, 7) is 9.76. The topological polar surface area (TPSA) is 83.7 Å². The van der Waals surface area contributed by atoms with E-state index in [9.17, 15) is 4.79 Å². The van der Waals surface area contributed by atoms with E-state index in [1.165, 1.54) is 11.3 Å². The standard InChI is InChI=1S/C22H29N5O3S/c1-12-10-16-18(31-19(23-16)25-21(28)30-22(3,4)5)13(2)27(12)20-24-15-11-14(26(6)7)8-9-17(15)29-20/h8-9,11-13H,10H2,1-7H3,(H,23,25,28)/t12-,13+/m1/s1. The molecule has 2 aromatic heterocycles. The third kappa shape index (κ3) is 4.32. The van der Waals surface area contributed by atoms with Crippen molar-refractivity contribution in [1.82, 2.24) is 9.97 Å². The highest BCUT2D eigenvalue weighted by Gasteiger charge is 2.35. The molecule has 0 fully saturated rings. The van der Waals surface area contributed by atoms with Crippen molar-refractivity contribution in [2.75, 3.05) is 29.2 Å². The van der Waals surface area contributed by atoms with Gasteiger partial charge in [0.05, 0.1) is 16.6 Å². The van der Waals surface area contributed by atoms with Crippen molar-refractivity contribution in [3.8, 4) is 0 Å². The van der Waals surface area contributed by atoms with Crippen molar-refractivity contribution in [1.29, 1.82) is 0 Å². The number of ether oxygens (including phenoxy) is 1. The summed E-state index contributed by atoms with van der Waals surface area (Å²) in [7, 11) is 4.01. The van der Waals surface area contributed by atoms with E-state index in [0.717, 1.165) is 33.8 Å². The number of carbonyl (C=O) groups excluding carboxylic acids is 1. The summed E-state index contributed by atoms with van der Waals surface area (Å²) in [6, 6.07) is 6.79. The van der Waals surface area contributed by atoms with Crippen LogP contribution in [0.3, 0.4) is 0 Å². The zero-order valence-corrected chi connectivity index (χ0v) is 19.8. The Morgan fingerprint density at radius 1 is 1.29 bits per heavy atom. The number of rotatable bonds is 3. The summed E-state index contributed by atoms with van der Waals surface area (Å²) >= 11 is 1.47. The van der Waals surface area contributed by atoms with Gasteiger partial charge in [-0.2, -0.15) is 4.98 Å². The molecule has 0 spiro atoms. The van der Waals surface area contributed by atoms with Crippen LogP contribution in [-0.2, 0) is 11.2 Å². The van der Waals surface area contributed by atoms with E-state index in [1.807, 2.05) is 58.0 Å². The van der Waals surface area contributed by atoms with Crippen LogP contribution in [0.25, 0.3) is 11.1 Å². The molecule has 8 nitrogen and oxygen atoms in total. The molecule has 0 unspecified atom stereocenters. The second-order valence-electron chi connectivity index (χ2n) is 9.14. The Bertz CT molecular complexity index is 1110. The molecular formula is C22H29N5O3S. The van der Waals surface area contributed by atoms with Crippen molar-refractivity contribution >= 4 is 45.4 Å². The fraction of sp³-hybridized carbons (Fsp3) is 0.500. The van der Waals surface area contributed by atoms with Crippen LogP contribution in [-0.4, -0.2) is 41.8 Å². The number of nitrogens with zero attached hydrogens (tertiary/aromatic N) is 4. The fourth-order valence-corrected chi connectivity index (χ4v) is 4.84. The van der Waals surface area contributed by atoms with Gasteiger partial charge in [-0.1, -0.05) is 11.3 Å². The SMILES string of the molecule is C[C@@H]1Cc2nc(NC(=O)OC(C)(C)C)sc2[C@H](C)N1c1nc2cc(N(C)C)ccc2o1. The number of benzene rings is 1. The maximum absolute atomic E-state index is 12.1. The molecule has 1 N–H and O–H groups in total. The average molecular weight is 444 g/mol. The van der Waals surface area contributed by atoms with E-state index in [-0.39, 0.29) is 12.1 Å². The molecule has 1 aliphatic heterocycles. The second kappa shape index (κ2) is 7.71. The Hall–Kier alpha value is -2.81. The number of hydrogen-bond donors (Lipinski definition) is 1. The smallest absolute Gasteiger partial charge is 0.413 e. The van der Waals surface area contributed by atoms with Crippen molar-refractivity contribution in [3.63, 3.8) is 0 Å². The highest BCUT2D eigenvalue weighted by molar-refractivity contribution is 7.16. The van der Waals surface area contributed by atoms with E-state index >= 15 is 0 Å². The number of amides is 1. The Balaban J connectivity index is 1.60. The van der Waals surface area contributed by atoms with Crippen LogP contribution in [0.2, 0.25) is 0 Å². The molecule has 3 heterocycles. The molecule has 0 saturated carbocycles. The fourth-order valence-electron chi connectivity index (χ4n) is 3.81. The third-order valence-electron chi connectivity index (χ3n) is 5.19. The molecule has 1 amide bonds. The summed E-state index contributed by atoms with van der Waals surface area (Å²) in [4.78, 5) is 26.9. The normalized spacial score (nSPS) is 18.7. The highest BCUT2D eigenvalue weighted by Crippen LogP contribution is 2.41. The minimum atomic E-state index is -0.557. The zero-order valence-electron chi connectivity index (χ0n) is 19.0. The van der Waals surface area contributed by atoms with E-state index in [4.69, 9.17) is 14.1 Å². The number of fused-ring (bicyclic) bond motifs is 2. The first kappa shape index (κ1) is 21.4. The Labute approximate surface area is 186 Å². The van der Waals surface area contributed by atoms with Gasteiger partial charge in [-0.3, -0.25) is 5.32 Å². The lowest BCUT2D eigenvalue weighted by Gasteiger charge is -2.36. The lowest BCUT2D eigenvalue weighted by Crippen LogP contribution is -2.40. The number of nitrogens with one attached hydrogen (secondary N) is 1. The molecule has 3 aromatic rings. The lowest BCUT2D eigenvalue weighted by atomic mass is 10.0. The van der Waals surface area contributed by atoms with E-state index in [2.05, 4.69) is 29.0 Å². The number of carbonyl (C=O) groups is 1. The molecule has 0 bridgehead atoms. The van der Waals surface area contributed by atoms with Crippen LogP contribution in [0, 0.1) is 0 Å². The molecule has 166 valence electrons. The zero-order chi connectivity index (χ0) is 22.5. The largest absolute Gasteiger partial charge is 0.444 e. The molecule has 0 radical (unpaired) electrons. The molecule has 9 heteroatoms. The van der Waals surface area contributed by atoms with Gasteiger partial charge < -0.3 is 19.0 Å². The van der Waals surface area contributed by atoms with Gasteiger partial charge in [-0.05, 0) is 52.8 Å². The maximum Gasteiger partial charge on any atom is 0.413 e. The first-order valence-electron chi connectivity index (χ1n) is 10.4. The molecule has 0 saturated heterocycles. The summed E-state index contributed by atoms with van der Waals surface area (Å²) in [5, 5.41) is 3.32. The second-order valence-corrected chi connectivity index (χ2v) is 10.2. The van der Waals surface area contributed by atoms with Crippen LogP contribution in [0.1, 0.15) is 51.2 Å². The summed E-state index contributed by atoms with van der Waals surface area (Å²) in [6.07, 6.45) is 0.250. The molecule has 1 aromatic carbocycles. The van der Waals surface area contributed by atoms with Crippen molar-refractivity contribution in [3.05, 3.63) is 28.8 Å². The van der Waals surface area contributed by atoms with Crippen molar-refractivity contribution < 1.29 is 13.9 Å². The van der Waals surface area contributed by atoms with Gasteiger partial charge in [0.15, 0.2) is 10.7 Å². The van der Waals surface area contributed by atoms with Gasteiger partial charge in [0.25, 0.3) is 6.01 Å². The number of thiazole rings is 1. The number of hydrogen-bond acceptors (Lipinski definition) is 8. The van der Waals surface area contributed by atoms with E-state index in [0.29, 0.717) is 11.1 Å². The number of aromatic nitrogens is 2. The van der Waals surface area contributed by atoms with Gasteiger partial charge in [-0.15, -0.1) is 0 Å². The van der Waals surface area contributed by atoms with Crippen LogP contribution >= 0.6 is 11.3 Å². The van der Waals surface area contributed by atoms with Gasteiger partial charge in [0.2, 0.25) is 0 Å². The number of anilines is 3. The van der Waals surface area contributed by atoms with E-state index < -0.39 is 11.7 Å². The summed E-state index contributed by atoms with van der Waals surface area (Å²) in [5.74, 6) is 0. The molecular weight excluding hydrogens is 414 g/mol. The van der Waals surface area contributed by atoms with Crippen molar-refractivity contribution in [2.24, 2.45) is 0 Å². The highest BCUT2D eigenvalue weighted by atomic mass is 32.1. The monoisotopic (exact) mass is 443 g/mol. The van der Waals surface area contributed by atoms with Gasteiger partial charge in [0.1, 0.15) is 11.1 Å². The van der Waals surface area contributed by atoms with Crippen LogP contribution in [0.5, 0.6) is 0 Å². The lowest BCUT2D eigenvalue weighted by molar-refractivity contribution is 0.0636. The molecule has 1 aliphatic rings. The average Bonchev–Trinajstić information content (AvgIpc) is 3.22. The Kier molecular flexibility index (Phi) is 5.33. The predicted octanol–water partition coefficient (Wildman–Crippen LogP) is 5.21. The van der Waals surface area contributed by atoms with Crippen LogP contribution in [0.15, 0.2) is 22.6 Å². The predicted molar refractivity (Wildman–Crippen MR) is 124 cm³/mol. The summed E-state index contributed by atoms with van der Waals surface area (Å²) in [5.41, 5.74) is 3.12. The molecule has 2 atom stereocenters. The minimum Gasteiger partial charge on any atom is -0.444 e. The molecule has 4 rings (SSSR count). The quantitative estimate of drug-likeness (QED) is 0.595. The van der Waals surface area contributed by atoms with Gasteiger partial charge >= 0.3 is 6.09 Å². The van der Waals surface area contributed by atoms with Crippen LogP contribution in [0.4, 0.5) is 21.6 Å². The van der Waals surface area contributed by atoms with Crippen LogP contribution < -0.4 is 15.1 Å². The Morgan fingerprint density at radius 2 is 2.03 bits per heavy atom.